The van der Waals surface area contributed by atoms with Crippen molar-refractivity contribution in [1.29, 1.82) is 0 Å². The van der Waals surface area contributed by atoms with Crippen LogP contribution in [0.15, 0.2) is 60.0 Å². The van der Waals surface area contributed by atoms with Gasteiger partial charge in [-0.25, -0.2) is 4.98 Å². The van der Waals surface area contributed by atoms with Crippen LogP contribution in [0, 0.1) is 6.92 Å². The van der Waals surface area contributed by atoms with Crippen LogP contribution in [0.1, 0.15) is 32.2 Å². The Morgan fingerprint density at radius 1 is 1.08 bits per heavy atom. The topological polar surface area (TPSA) is 42.0 Å². The average Bonchev–Trinajstić information content (AvgIpc) is 3.04. The number of carbonyl (C=O) groups is 1. The minimum Gasteiger partial charge on any atom is -0.350 e. The number of rotatable bonds is 6. The van der Waals surface area contributed by atoms with E-state index in [1.807, 2.05) is 29.6 Å². The van der Waals surface area contributed by atoms with Crippen LogP contribution in [0.4, 0.5) is 0 Å². The third kappa shape index (κ3) is 4.52. The van der Waals surface area contributed by atoms with E-state index in [1.54, 1.807) is 0 Å². The van der Waals surface area contributed by atoms with Gasteiger partial charge in [-0.1, -0.05) is 60.2 Å². The van der Waals surface area contributed by atoms with Crippen molar-refractivity contribution in [2.45, 2.75) is 19.8 Å². The van der Waals surface area contributed by atoms with E-state index in [9.17, 15) is 4.79 Å². The summed E-state index contributed by atoms with van der Waals surface area (Å²) in [6, 6.07) is 18.5. The largest absolute Gasteiger partial charge is 0.350 e. The highest BCUT2D eigenvalue weighted by Crippen LogP contribution is 2.14. The van der Waals surface area contributed by atoms with Crippen LogP contribution in [-0.4, -0.2) is 17.4 Å². The fourth-order valence-electron chi connectivity index (χ4n) is 2.55. The van der Waals surface area contributed by atoms with E-state index in [-0.39, 0.29) is 5.91 Å². The number of carbonyl (C=O) groups excluding carboxylic acids is 1. The second-order valence-electron chi connectivity index (χ2n) is 5.78. The number of nitrogens with zero attached hydrogens (tertiary/aromatic N) is 1. The van der Waals surface area contributed by atoms with Gasteiger partial charge in [0, 0.05) is 18.3 Å². The molecule has 0 atom stereocenters. The number of benzene rings is 2. The van der Waals surface area contributed by atoms with Gasteiger partial charge < -0.3 is 5.32 Å². The molecule has 3 aromatic rings. The summed E-state index contributed by atoms with van der Waals surface area (Å²) >= 11 is 1.53. The highest BCUT2D eigenvalue weighted by atomic mass is 32.1. The SMILES string of the molecule is Cc1cccc(CCNC(=O)c2csc(Cc3ccccc3)n2)c1. The van der Waals surface area contributed by atoms with Gasteiger partial charge in [0.1, 0.15) is 5.69 Å². The summed E-state index contributed by atoms with van der Waals surface area (Å²) in [5.74, 6) is -0.0989. The predicted octanol–water partition coefficient (Wildman–Crippen LogP) is 4.01. The van der Waals surface area contributed by atoms with Gasteiger partial charge >= 0.3 is 0 Å². The second-order valence-corrected chi connectivity index (χ2v) is 6.73. The molecule has 1 aromatic heterocycles. The second kappa shape index (κ2) is 7.88. The first-order valence-electron chi connectivity index (χ1n) is 8.03. The van der Waals surface area contributed by atoms with Crippen molar-refractivity contribution in [2.24, 2.45) is 0 Å². The van der Waals surface area contributed by atoms with Gasteiger partial charge in [0.15, 0.2) is 0 Å². The van der Waals surface area contributed by atoms with Gasteiger partial charge in [-0.2, -0.15) is 0 Å². The number of hydrogen-bond donors (Lipinski definition) is 1. The van der Waals surface area contributed by atoms with Crippen LogP contribution in [0.5, 0.6) is 0 Å². The first-order chi connectivity index (χ1) is 11.7. The lowest BCUT2D eigenvalue weighted by Gasteiger charge is -2.04. The number of aryl methyl sites for hydroxylation is 1. The Morgan fingerprint density at radius 2 is 1.88 bits per heavy atom. The van der Waals surface area contributed by atoms with Crippen LogP contribution < -0.4 is 5.32 Å². The van der Waals surface area contributed by atoms with E-state index < -0.39 is 0 Å². The van der Waals surface area contributed by atoms with Crippen LogP contribution in [0.25, 0.3) is 0 Å². The maximum atomic E-state index is 12.2. The molecule has 0 saturated heterocycles. The van der Waals surface area contributed by atoms with Gasteiger partial charge in [-0.05, 0) is 24.5 Å². The zero-order valence-electron chi connectivity index (χ0n) is 13.7. The first-order valence-corrected chi connectivity index (χ1v) is 8.91. The Hall–Kier alpha value is -2.46. The molecular formula is C20H20N2OS. The van der Waals surface area contributed by atoms with Gasteiger partial charge in [0.05, 0.1) is 5.01 Å². The molecule has 24 heavy (non-hydrogen) atoms. The lowest BCUT2D eigenvalue weighted by Crippen LogP contribution is -2.26. The van der Waals surface area contributed by atoms with E-state index >= 15 is 0 Å². The molecule has 3 nitrogen and oxygen atoms in total. The molecule has 0 aliphatic carbocycles. The molecule has 0 unspecified atom stereocenters. The van der Waals surface area contributed by atoms with Crippen molar-refractivity contribution in [3.05, 3.63) is 87.4 Å². The Balaban J connectivity index is 1.52. The third-order valence-electron chi connectivity index (χ3n) is 3.76. The van der Waals surface area contributed by atoms with Crippen molar-refractivity contribution >= 4 is 17.2 Å². The summed E-state index contributed by atoms with van der Waals surface area (Å²) in [6.07, 6.45) is 1.59. The third-order valence-corrected chi connectivity index (χ3v) is 4.61. The van der Waals surface area contributed by atoms with Gasteiger partial charge in [0.25, 0.3) is 5.91 Å². The summed E-state index contributed by atoms with van der Waals surface area (Å²) in [5, 5.41) is 5.75. The molecule has 0 bridgehead atoms. The lowest BCUT2D eigenvalue weighted by atomic mass is 10.1. The highest BCUT2D eigenvalue weighted by Gasteiger charge is 2.10. The summed E-state index contributed by atoms with van der Waals surface area (Å²) in [4.78, 5) is 16.7. The van der Waals surface area contributed by atoms with Crippen molar-refractivity contribution in [3.8, 4) is 0 Å². The first kappa shape index (κ1) is 16.4. The van der Waals surface area contributed by atoms with E-state index in [4.69, 9.17) is 0 Å². The van der Waals surface area contributed by atoms with E-state index in [0.717, 1.165) is 17.8 Å². The molecule has 122 valence electrons. The molecule has 1 heterocycles. The minimum atomic E-state index is -0.0989. The monoisotopic (exact) mass is 336 g/mol. The van der Waals surface area contributed by atoms with E-state index in [1.165, 1.54) is 28.0 Å². The normalized spacial score (nSPS) is 10.5. The zero-order valence-corrected chi connectivity index (χ0v) is 14.5. The maximum Gasteiger partial charge on any atom is 0.270 e. The summed E-state index contributed by atoms with van der Waals surface area (Å²) in [7, 11) is 0. The van der Waals surface area contributed by atoms with Crippen molar-refractivity contribution in [2.75, 3.05) is 6.54 Å². The fraction of sp³-hybridized carbons (Fsp3) is 0.200. The van der Waals surface area contributed by atoms with Crippen LogP contribution in [0.2, 0.25) is 0 Å². The number of hydrogen-bond acceptors (Lipinski definition) is 3. The molecule has 0 spiro atoms. The molecule has 1 N–H and O–H groups in total. The Morgan fingerprint density at radius 3 is 2.67 bits per heavy atom. The fourth-order valence-corrected chi connectivity index (χ4v) is 3.35. The minimum absolute atomic E-state index is 0.0989. The van der Waals surface area contributed by atoms with E-state index in [0.29, 0.717) is 12.2 Å². The Bertz CT molecular complexity index is 811. The summed E-state index contributed by atoms with van der Waals surface area (Å²) in [5.41, 5.74) is 4.19. The number of thiazole rings is 1. The average molecular weight is 336 g/mol. The van der Waals surface area contributed by atoms with Gasteiger partial charge in [-0.15, -0.1) is 11.3 Å². The number of amides is 1. The van der Waals surface area contributed by atoms with Crippen molar-refractivity contribution < 1.29 is 4.79 Å². The summed E-state index contributed by atoms with van der Waals surface area (Å²) in [6.45, 7) is 2.69. The molecular weight excluding hydrogens is 316 g/mol. The molecule has 3 rings (SSSR count). The zero-order chi connectivity index (χ0) is 16.8. The Labute approximate surface area is 146 Å². The van der Waals surface area contributed by atoms with E-state index in [2.05, 4.69) is 47.6 Å². The molecule has 0 aliphatic heterocycles. The van der Waals surface area contributed by atoms with Gasteiger partial charge in [-0.3, -0.25) is 4.79 Å². The maximum absolute atomic E-state index is 12.2. The molecule has 0 radical (unpaired) electrons. The van der Waals surface area contributed by atoms with Crippen LogP contribution >= 0.6 is 11.3 Å². The smallest absolute Gasteiger partial charge is 0.270 e. The summed E-state index contributed by atoms with van der Waals surface area (Å²) < 4.78 is 0. The standard InChI is InChI=1S/C20H20N2OS/c1-15-6-5-9-17(12-15)10-11-21-20(23)18-14-24-19(22-18)13-16-7-3-2-4-8-16/h2-9,12,14H,10-11,13H2,1H3,(H,21,23). The van der Waals surface area contributed by atoms with Crippen LogP contribution in [-0.2, 0) is 12.8 Å². The van der Waals surface area contributed by atoms with Crippen molar-refractivity contribution in [3.63, 3.8) is 0 Å². The Kier molecular flexibility index (Phi) is 5.39. The molecule has 0 saturated carbocycles. The molecule has 0 fully saturated rings. The predicted molar refractivity (Wildman–Crippen MR) is 98.6 cm³/mol. The lowest BCUT2D eigenvalue weighted by molar-refractivity contribution is 0.0949. The number of aromatic nitrogens is 1. The molecule has 2 aromatic carbocycles. The molecule has 1 amide bonds. The highest BCUT2D eigenvalue weighted by molar-refractivity contribution is 7.09. The van der Waals surface area contributed by atoms with Crippen LogP contribution in [0.3, 0.4) is 0 Å². The quantitative estimate of drug-likeness (QED) is 0.739. The molecule has 0 aliphatic rings. The number of nitrogens with one attached hydrogen (secondary N) is 1. The molecule has 4 heteroatoms. The van der Waals surface area contributed by atoms with Crippen molar-refractivity contribution in [1.82, 2.24) is 10.3 Å². The van der Waals surface area contributed by atoms with Gasteiger partial charge in [0.2, 0.25) is 0 Å².